The van der Waals surface area contributed by atoms with Gasteiger partial charge in [0.2, 0.25) is 0 Å². The Bertz CT molecular complexity index is 977. The van der Waals surface area contributed by atoms with Crippen molar-refractivity contribution in [1.29, 1.82) is 0 Å². The first-order chi connectivity index (χ1) is 11.3. The highest BCUT2D eigenvalue weighted by molar-refractivity contribution is 6.30. The Kier molecular flexibility index (Phi) is 3.44. The topological polar surface area (TPSA) is 53.6 Å². The molecule has 3 heterocycles. The van der Waals surface area contributed by atoms with Crippen LogP contribution >= 0.6 is 11.6 Å². The first kappa shape index (κ1) is 13.8. The summed E-state index contributed by atoms with van der Waals surface area (Å²) < 4.78 is 0. The van der Waals surface area contributed by atoms with Crippen LogP contribution in [0, 0.1) is 0 Å². The number of H-pyrrole nitrogens is 1. The summed E-state index contributed by atoms with van der Waals surface area (Å²) >= 11 is 6.02. The van der Waals surface area contributed by atoms with Gasteiger partial charge in [0.1, 0.15) is 11.5 Å². The van der Waals surface area contributed by atoms with E-state index < -0.39 is 0 Å². The lowest BCUT2D eigenvalue weighted by Crippen LogP contribution is -1.93. The van der Waals surface area contributed by atoms with Gasteiger partial charge in [0.05, 0.1) is 0 Å². The van der Waals surface area contributed by atoms with Gasteiger partial charge in [-0.3, -0.25) is 0 Å². The standard InChI is InChI=1S/C18H13ClN4/c19-13-3-1-4-14(10-13)23-17-9-12(6-8-20-17)16-11-22-18-15(16)5-2-7-21-18/h1-11H,(H,20,23)(H,21,22). The summed E-state index contributed by atoms with van der Waals surface area (Å²) in [6.07, 6.45) is 5.54. The van der Waals surface area contributed by atoms with Crippen molar-refractivity contribution >= 4 is 34.1 Å². The summed E-state index contributed by atoms with van der Waals surface area (Å²) in [5.74, 6) is 0.767. The van der Waals surface area contributed by atoms with Crippen LogP contribution in [0.15, 0.2) is 67.1 Å². The van der Waals surface area contributed by atoms with E-state index in [-0.39, 0.29) is 0 Å². The smallest absolute Gasteiger partial charge is 0.137 e. The summed E-state index contributed by atoms with van der Waals surface area (Å²) in [5, 5.41) is 5.05. The van der Waals surface area contributed by atoms with Gasteiger partial charge in [0.25, 0.3) is 0 Å². The van der Waals surface area contributed by atoms with Crippen molar-refractivity contribution in [2.75, 3.05) is 5.32 Å². The number of hydrogen-bond donors (Lipinski definition) is 2. The number of nitrogens with one attached hydrogen (secondary N) is 2. The molecule has 0 aliphatic rings. The van der Waals surface area contributed by atoms with Crippen LogP contribution in [0.2, 0.25) is 5.02 Å². The van der Waals surface area contributed by atoms with Crippen LogP contribution in [0.25, 0.3) is 22.2 Å². The average molecular weight is 321 g/mol. The van der Waals surface area contributed by atoms with E-state index in [9.17, 15) is 0 Å². The molecule has 0 radical (unpaired) electrons. The molecular weight excluding hydrogens is 308 g/mol. The highest BCUT2D eigenvalue weighted by Gasteiger charge is 2.07. The predicted octanol–water partition coefficient (Wildman–Crippen LogP) is 5.02. The number of halogens is 1. The van der Waals surface area contributed by atoms with Crippen LogP contribution < -0.4 is 5.32 Å². The number of aromatic nitrogens is 3. The van der Waals surface area contributed by atoms with Gasteiger partial charge in [-0.2, -0.15) is 0 Å². The number of benzene rings is 1. The van der Waals surface area contributed by atoms with Gasteiger partial charge >= 0.3 is 0 Å². The second-order valence-electron chi connectivity index (χ2n) is 5.17. The van der Waals surface area contributed by atoms with Gasteiger partial charge in [-0.25, -0.2) is 9.97 Å². The largest absolute Gasteiger partial charge is 0.346 e. The van der Waals surface area contributed by atoms with Crippen LogP contribution in [-0.4, -0.2) is 15.0 Å². The molecule has 0 atom stereocenters. The Labute approximate surface area is 138 Å². The minimum atomic E-state index is 0.689. The fourth-order valence-corrected chi connectivity index (χ4v) is 2.77. The van der Waals surface area contributed by atoms with Crippen molar-refractivity contribution in [1.82, 2.24) is 15.0 Å². The summed E-state index contributed by atoms with van der Waals surface area (Å²) in [4.78, 5) is 11.9. The average Bonchev–Trinajstić information content (AvgIpc) is 2.99. The number of hydrogen-bond acceptors (Lipinski definition) is 3. The molecule has 1 aromatic carbocycles. The molecule has 4 nitrogen and oxygen atoms in total. The highest BCUT2D eigenvalue weighted by atomic mass is 35.5. The second kappa shape index (κ2) is 5.74. The SMILES string of the molecule is Clc1cccc(Nc2cc(-c3c[nH]c4ncccc34)ccn2)c1. The summed E-state index contributed by atoms with van der Waals surface area (Å²) in [5.41, 5.74) is 3.96. The quantitative estimate of drug-likeness (QED) is 0.557. The van der Waals surface area contributed by atoms with E-state index in [2.05, 4.69) is 26.3 Å². The lowest BCUT2D eigenvalue weighted by molar-refractivity contribution is 1.31. The highest BCUT2D eigenvalue weighted by Crippen LogP contribution is 2.29. The normalized spacial score (nSPS) is 10.8. The molecule has 23 heavy (non-hydrogen) atoms. The number of anilines is 2. The Morgan fingerprint density at radius 3 is 2.83 bits per heavy atom. The zero-order chi connectivity index (χ0) is 15.6. The van der Waals surface area contributed by atoms with E-state index in [1.165, 1.54) is 0 Å². The zero-order valence-corrected chi connectivity index (χ0v) is 12.9. The molecule has 0 unspecified atom stereocenters. The Morgan fingerprint density at radius 1 is 0.957 bits per heavy atom. The van der Waals surface area contributed by atoms with Gasteiger partial charge < -0.3 is 10.3 Å². The molecule has 112 valence electrons. The van der Waals surface area contributed by atoms with Gasteiger partial charge in [-0.05, 0) is 48.0 Å². The summed E-state index contributed by atoms with van der Waals surface area (Å²) in [6, 6.07) is 15.6. The van der Waals surface area contributed by atoms with Crippen LogP contribution in [0.4, 0.5) is 11.5 Å². The number of fused-ring (bicyclic) bond motifs is 1. The lowest BCUT2D eigenvalue weighted by Gasteiger charge is -2.07. The fourth-order valence-electron chi connectivity index (χ4n) is 2.58. The van der Waals surface area contributed by atoms with E-state index in [1.807, 2.05) is 48.7 Å². The molecule has 4 aromatic rings. The molecular formula is C18H13ClN4. The Hall–Kier alpha value is -2.85. The van der Waals surface area contributed by atoms with Gasteiger partial charge in [-0.1, -0.05) is 17.7 Å². The molecule has 5 heteroatoms. The third-order valence-corrected chi connectivity index (χ3v) is 3.85. The summed E-state index contributed by atoms with van der Waals surface area (Å²) in [7, 11) is 0. The second-order valence-corrected chi connectivity index (χ2v) is 5.60. The third kappa shape index (κ3) is 2.76. The van der Waals surface area contributed by atoms with Crippen molar-refractivity contribution in [2.45, 2.75) is 0 Å². The minimum Gasteiger partial charge on any atom is -0.346 e. The Morgan fingerprint density at radius 2 is 1.91 bits per heavy atom. The number of pyridine rings is 2. The molecule has 0 amide bonds. The monoisotopic (exact) mass is 320 g/mol. The van der Waals surface area contributed by atoms with Crippen molar-refractivity contribution in [3.05, 3.63) is 72.1 Å². The van der Waals surface area contributed by atoms with Crippen LogP contribution in [0.5, 0.6) is 0 Å². The predicted molar refractivity (Wildman–Crippen MR) is 94.1 cm³/mol. The van der Waals surface area contributed by atoms with Crippen molar-refractivity contribution in [3.63, 3.8) is 0 Å². The molecule has 0 aliphatic carbocycles. The molecule has 0 saturated carbocycles. The van der Waals surface area contributed by atoms with E-state index in [1.54, 1.807) is 12.4 Å². The number of nitrogens with zero attached hydrogens (tertiary/aromatic N) is 2. The van der Waals surface area contributed by atoms with E-state index in [0.717, 1.165) is 33.7 Å². The molecule has 0 bridgehead atoms. The fraction of sp³-hybridized carbons (Fsp3) is 0. The molecule has 2 N–H and O–H groups in total. The minimum absolute atomic E-state index is 0.689. The molecule has 0 saturated heterocycles. The number of aromatic amines is 1. The first-order valence-corrected chi connectivity index (χ1v) is 7.58. The van der Waals surface area contributed by atoms with E-state index >= 15 is 0 Å². The van der Waals surface area contributed by atoms with Crippen LogP contribution in [-0.2, 0) is 0 Å². The maximum atomic E-state index is 6.02. The van der Waals surface area contributed by atoms with Crippen LogP contribution in [0.3, 0.4) is 0 Å². The molecule has 3 aromatic heterocycles. The summed E-state index contributed by atoms with van der Waals surface area (Å²) in [6.45, 7) is 0. The third-order valence-electron chi connectivity index (χ3n) is 3.62. The van der Waals surface area contributed by atoms with Crippen molar-refractivity contribution < 1.29 is 0 Å². The van der Waals surface area contributed by atoms with E-state index in [0.29, 0.717) is 5.02 Å². The molecule has 4 rings (SSSR count). The van der Waals surface area contributed by atoms with Gasteiger partial charge in [-0.15, -0.1) is 0 Å². The van der Waals surface area contributed by atoms with Crippen molar-refractivity contribution in [2.24, 2.45) is 0 Å². The lowest BCUT2D eigenvalue weighted by atomic mass is 10.1. The maximum Gasteiger partial charge on any atom is 0.137 e. The van der Waals surface area contributed by atoms with Gasteiger partial charge in [0.15, 0.2) is 0 Å². The zero-order valence-electron chi connectivity index (χ0n) is 12.1. The van der Waals surface area contributed by atoms with Gasteiger partial charge in [0, 0.05) is 40.3 Å². The first-order valence-electron chi connectivity index (χ1n) is 7.21. The molecule has 0 aliphatic heterocycles. The Balaban J connectivity index is 1.71. The molecule has 0 spiro atoms. The van der Waals surface area contributed by atoms with E-state index in [4.69, 9.17) is 11.6 Å². The number of rotatable bonds is 3. The van der Waals surface area contributed by atoms with Crippen molar-refractivity contribution in [3.8, 4) is 11.1 Å². The van der Waals surface area contributed by atoms with Crippen LogP contribution in [0.1, 0.15) is 0 Å². The molecule has 0 fully saturated rings. The maximum absolute atomic E-state index is 6.02.